The summed E-state index contributed by atoms with van der Waals surface area (Å²) in [6, 6.07) is 8.06. The maximum atomic E-state index is 12.4. The first kappa shape index (κ1) is 13.4. The van der Waals surface area contributed by atoms with E-state index in [4.69, 9.17) is 4.74 Å². The van der Waals surface area contributed by atoms with Crippen LogP contribution in [-0.2, 0) is 4.79 Å². The fourth-order valence-corrected chi connectivity index (χ4v) is 3.05. The highest BCUT2D eigenvalue weighted by atomic mass is 16.5. The molecule has 1 aromatic rings. The van der Waals surface area contributed by atoms with Gasteiger partial charge < -0.3 is 14.5 Å². The molecule has 1 unspecified atom stereocenters. The molecule has 1 fully saturated rings. The number of fused-ring (bicyclic) bond motifs is 1. The van der Waals surface area contributed by atoms with Gasteiger partial charge in [-0.2, -0.15) is 0 Å². The van der Waals surface area contributed by atoms with E-state index in [2.05, 4.69) is 17.9 Å². The Morgan fingerprint density at radius 1 is 1.25 bits per heavy atom. The molecule has 0 saturated carbocycles. The monoisotopic (exact) mass is 274 g/mol. The second kappa shape index (κ2) is 5.83. The van der Waals surface area contributed by atoms with Gasteiger partial charge in [-0.05, 0) is 12.6 Å². The third-order valence-electron chi connectivity index (χ3n) is 4.39. The minimum Gasteiger partial charge on any atom is -0.493 e. The van der Waals surface area contributed by atoms with Crippen molar-refractivity contribution in [1.82, 2.24) is 9.80 Å². The molecule has 2 aliphatic heterocycles. The van der Waals surface area contributed by atoms with Crippen molar-refractivity contribution >= 4 is 5.91 Å². The molecule has 0 bridgehead atoms. The Morgan fingerprint density at radius 2 is 2.00 bits per heavy atom. The van der Waals surface area contributed by atoms with E-state index < -0.39 is 0 Å². The van der Waals surface area contributed by atoms with E-state index in [1.807, 2.05) is 23.1 Å². The number of ether oxygens (including phenoxy) is 1. The lowest BCUT2D eigenvalue weighted by Crippen LogP contribution is -2.48. The highest BCUT2D eigenvalue weighted by molar-refractivity contribution is 5.77. The molecule has 2 aliphatic rings. The highest BCUT2D eigenvalue weighted by Gasteiger charge is 2.28. The van der Waals surface area contributed by atoms with Gasteiger partial charge in [-0.25, -0.2) is 0 Å². The van der Waals surface area contributed by atoms with Crippen LogP contribution in [0.15, 0.2) is 24.3 Å². The largest absolute Gasteiger partial charge is 0.493 e. The zero-order valence-electron chi connectivity index (χ0n) is 12.0. The van der Waals surface area contributed by atoms with Crippen molar-refractivity contribution in [3.05, 3.63) is 29.8 Å². The molecule has 1 aromatic carbocycles. The fraction of sp³-hybridized carbons (Fsp3) is 0.562. The van der Waals surface area contributed by atoms with Crippen molar-refractivity contribution < 1.29 is 9.53 Å². The first-order valence-electron chi connectivity index (χ1n) is 7.49. The van der Waals surface area contributed by atoms with E-state index in [9.17, 15) is 4.79 Å². The Labute approximate surface area is 120 Å². The number of carbonyl (C=O) groups excluding carboxylic acids is 1. The van der Waals surface area contributed by atoms with Crippen LogP contribution in [0, 0.1) is 0 Å². The van der Waals surface area contributed by atoms with E-state index >= 15 is 0 Å². The standard InChI is InChI=1S/C16H22N2O2/c1-2-17-7-9-18(10-8-17)16(19)11-13-12-20-15-6-4-3-5-14(13)15/h3-6,13H,2,7-12H2,1H3. The van der Waals surface area contributed by atoms with Crippen molar-refractivity contribution in [3.8, 4) is 5.75 Å². The molecule has 108 valence electrons. The van der Waals surface area contributed by atoms with Crippen LogP contribution in [-0.4, -0.2) is 55.0 Å². The number of likely N-dealkylation sites (N-methyl/N-ethyl adjacent to an activating group) is 1. The number of piperazine rings is 1. The van der Waals surface area contributed by atoms with Gasteiger partial charge in [-0.3, -0.25) is 4.79 Å². The van der Waals surface area contributed by atoms with E-state index in [-0.39, 0.29) is 11.8 Å². The van der Waals surface area contributed by atoms with Crippen molar-refractivity contribution in [2.24, 2.45) is 0 Å². The normalized spacial score (nSPS) is 22.4. The van der Waals surface area contributed by atoms with Crippen LogP contribution in [0.25, 0.3) is 0 Å². The van der Waals surface area contributed by atoms with Crippen molar-refractivity contribution in [3.63, 3.8) is 0 Å². The Balaban J connectivity index is 1.58. The second-order valence-electron chi connectivity index (χ2n) is 5.56. The molecule has 4 heteroatoms. The van der Waals surface area contributed by atoms with Gasteiger partial charge >= 0.3 is 0 Å². The molecule has 0 spiro atoms. The molecular formula is C16H22N2O2. The smallest absolute Gasteiger partial charge is 0.223 e. The summed E-state index contributed by atoms with van der Waals surface area (Å²) in [5.41, 5.74) is 1.19. The molecular weight excluding hydrogens is 252 g/mol. The van der Waals surface area contributed by atoms with Gasteiger partial charge in [0.05, 0.1) is 6.61 Å². The second-order valence-corrected chi connectivity index (χ2v) is 5.56. The van der Waals surface area contributed by atoms with E-state index in [0.717, 1.165) is 38.5 Å². The molecule has 1 saturated heterocycles. The zero-order chi connectivity index (χ0) is 13.9. The van der Waals surface area contributed by atoms with Crippen LogP contribution in [0.5, 0.6) is 5.75 Å². The van der Waals surface area contributed by atoms with Crippen molar-refractivity contribution in [2.45, 2.75) is 19.3 Å². The van der Waals surface area contributed by atoms with Crippen molar-refractivity contribution in [1.29, 1.82) is 0 Å². The molecule has 3 rings (SSSR count). The molecule has 0 aromatic heterocycles. The van der Waals surface area contributed by atoms with Gasteiger partial charge in [-0.15, -0.1) is 0 Å². The summed E-state index contributed by atoms with van der Waals surface area (Å²) in [6.45, 7) is 7.61. The molecule has 0 N–H and O–H groups in total. The van der Waals surface area contributed by atoms with Crippen LogP contribution >= 0.6 is 0 Å². The maximum absolute atomic E-state index is 12.4. The van der Waals surface area contributed by atoms with E-state index in [1.54, 1.807) is 0 Å². The number of amides is 1. The topological polar surface area (TPSA) is 32.8 Å². The molecule has 0 aliphatic carbocycles. The van der Waals surface area contributed by atoms with Gasteiger partial charge in [0.1, 0.15) is 5.75 Å². The van der Waals surface area contributed by atoms with Crippen LogP contribution in [0.4, 0.5) is 0 Å². The third kappa shape index (κ3) is 2.66. The SMILES string of the molecule is CCN1CCN(C(=O)CC2COc3ccccc32)CC1. The number of para-hydroxylation sites is 1. The minimum absolute atomic E-state index is 0.225. The molecule has 1 amide bonds. The lowest BCUT2D eigenvalue weighted by Gasteiger charge is -2.34. The first-order chi connectivity index (χ1) is 9.78. The van der Waals surface area contributed by atoms with Crippen LogP contribution < -0.4 is 4.74 Å². The average molecular weight is 274 g/mol. The number of nitrogens with zero attached hydrogens (tertiary/aromatic N) is 2. The van der Waals surface area contributed by atoms with E-state index in [1.165, 1.54) is 5.56 Å². The predicted octanol–water partition coefficient (Wildman–Crippen LogP) is 1.72. The Bertz CT molecular complexity index is 481. The number of hydrogen-bond donors (Lipinski definition) is 0. The number of rotatable bonds is 3. The van der Waals surface area contributed by atoms with Crippen LogP contribution in [0.1, 0.15) is 24.8 Å². The van der Waals surface area contributed by atoms with Gasteiger partial charge in [0.25, 0.3) is 0 Å². The third-order valence-corrected chi connectivity index (χ3v) is 4.39. The predicted molar refractivity (Wildman–Crippen MR) is 78.0 cm³/mol. The summed E-state index contributed by atoms with van der Waals surface area (Å²) in [5.74, 6) is 1.44. The Morgan fingerprint density at radius 3 is 2.75 bits per heavy atom. The minimum atomic E-state index is 0.225. The molecule has 1 atom stereocenters. The Hall–Kier alpha value is -1.55. The number of carbonyl (C=O) groups is 1. The number of hydrogen-bond acceptors (Lipinski definition) is 3. The first-order valence-corrected chi connectivity index (χ1v) is 7.49. The van der Waals surface area contributed by atoms with Gasteiger partial charge in [-0.1, -0.05) is 25.1 Å². The van der Waals surface area contributed by atoms with Gasteiger partial charge in [0.2, 0.25) is 5.91 Å². The molecule has 20 heavy (non-hydrogen) atoms. The van der Waals surface area contributed by atoms with E-state index in [0.29, 0.717) is 13.0 Å². The number of benzene rings is 1. The zero-order valence-corrected chi connectivity index (χ0v) is 12.0. The average Bonchev–Trinajstić information content (AvgIpc) is 2.91. The lowest BCUT2D eigenvalue weighted by molar-refractivity contribution is -0.133. The summed E-state index contributed by atoms with van der Waals surface area (Å²) in [4.78, 5) is 16.8. The van der Waals surface area contributed by atoms with Gasteiger partial charge in [0.15, 0.2) is 0 Å². The molecule has 0 radical (unpaired) electrons. The Kier molecular flexibility index (Phi) is 3.92. The fourth-order valence-electron chi connectivity index (χ4n) is 3.05. The van der Waals surface area contributed by atoms with Crippen molar-refractivity contribution in [2.75, 3.05) is 39.3 Å². The summed E-state index contributed by atoms with van der Waals surface area (Å²) in [7, 11) is 0. The summed E-state index contributed by atoms with van der Waals surface area (Å²) in [5, 5.41) is 0. The van der Waals surface area contributed by atoms with Gasteiger partial charge in [0, 0.05) is 44.1 Å². The molecule has 2 heterocycles. The summed E-state index contributed by atoms with van der Waals surface area (Å²) < 4.78 is 5.65. The quantitative estimate of drug-likeness (QED) is 0.841. The van der Waals surface area contributed by atoms with Crippen LogP contribution in [0.3, 0.4) is 0 Å². The molecule has 4 nitrogen and oxygen atoms in total. The highest BCUT2D eigenvalue weighted by Crippen LogP contribution is 2.35. The lowest BCUT2D eigenvalue weighted by atomic mass is 9.97. The summed E-state index contributed by atoms with van der Waals surface area (Å²) >= 11 is 0. The maximum Gasteiger partial charge on any atom is 0.223 e. The van der Waals surface area contributed by atoms with Crippen LogP contribution in [0.2, 0.25) is 0 Å². The summed E-state index contributed by atoms with van der Waals surface area (Å²) in [6.07, 6.45) is 0.573.